The van der Waals surface area contributed by atoms with Gasteiger partial charge in [-0.3, -0.25) is 19.2 Å². The predicted octanol–water partition coefficient (Wildman–Crippen LogP) is 1.86. The fraction of sp³-hybridized carbons (Fsp3) is 0.448. The number of nitrogens with two attached hydrogens (primary N) is 1. The van der Waals surface area contributed by atoms with E-state index in [2.05, 4.69) is 21.1 Å². The number of esters is 1. The zero-order chi connectivity index (χ0) is 31.4. The fourth-order valence-electron chi connectivity index (χ4n) is 3.86. The number of hydrogen-bond acceptors (Lipinski definition) is 8. The van der Waals surface area contributed by atoms with Gasteiger partial charge in [0.2, 0.25) is 17.7 Å². The summed E-state index contributed by atoms with van der Waals surface area (Å²) in [5.74, 6) is -3.26. The summed E-state index contributed by atoms with van der Waals surface area (Å²) >= 11 is 0. The van der Waals surface area contributed by atoms with E-state index >= 15 is 0 Å². The third kappa shape index (κ3) is 11.1. The average Bonchev–Trinajstić information content (AvgIpc) is 3.35. The topological polar surface area (TPSA) is 183 Å². The van der Waals surface area contributed by atoms with Crippen LogP contribution in [-0.2, 0) is 30.3 Å². The first-order chi connectivity index (χ1) is 19.7. The molecule has 0 radical (unpaired) electrons. The Bertz CT molecular complexity index is 1280. The summed E-state index contributed by atoms with van der Waals surface area (Å²) in [5.41, 5.74) is 5.01. The van der Waals surface area contributed by atoms with E-state index in [4.69, 9.17) is 15.0 Å². The summed E-state index contributed by atoms with van der Waals surface area (Å²) in [4.78, 5) is 63.1. The van der Waals surface area contributed by atoms with Gasteiger partial charge in [0.05, 0.1) is 6.61 Å². The molecular formula is C29H38FN5O7. The Labute approximate surface area is 243 Å². The highest BCUT2D eigenvalue weighted by Crippen LogP contribution is 2.21. The Morgan fingerprint density at radius 1 is 1.07 bits per heavy atom. The lowest BCUT2D eigenvalue weighted by molar-refractivity contribution is -0.137. The number of nitrogens with zero attached hydrogens (tertiary/aromatic N) is 1. The predicted molar refractivity (Wildman–Crippen MR) is 150 cm³/mol. The summed E-state index contributed by atoms with van der Waals surface area (Å²) in [6.07, 6.45) is 2.45. The van der Waals surface area contributed by atoms with E-state index in [1.165, 1.54) is 36.4 Å². The van der Waals surface area contributed by atoms with Crippen LogP contribution in [-0.4, -0.2) is 59.5 Å². The first-order valence-corrected chi connectivity index (χ1v) is 13.4. The molecule has 0 aliphatic rings. The molecule has 2 rings (SSSR count). The molecular weight excluding hydrogens is 549 g/mol. The van der Waals surface area contributed by atoms with E-state index in [0.717, 1.165) is 6.08 Å². The van der Waals surface area contributed by atoms with Gasteiger partial charge in [-0.25, -0.2) is 9.18 Å². The number of carbonyl (C=O) groups is 5. The van der Waals surface area contributed by atoms with Gasteiger partial charge >= 0.3 is 5.97 Å². The zero-order valence-corrected chi connectivity index (χ0v) is 24.4. The molecule has 4 amide bonds. The lowest BCUT2D eigenvalue weighted by Gasteiger charge is -2.32. The molecule has 1 aromatic carbocycles. The van der Waals surface area contributed by atoms with Crippen molar-refractivity contribution in [2.45, 2.75) is 72.0 Å². The Balaban J connectivity index is 2.33. The molecule has 0 unspecified atom stereocenters. The van der Waals surface area contributed by atoms with Crippen LogP contribution in [0, 0.1) is 18.2 Å². The number of rotatable bonds is 14. The second kappa shape index (κ2) is 15.5. The van der Waals surface area contributed by atoms with E-state index in [0.29, 0.717) is 11.3 Å². The SMILES string of the molecule is CCOC(=O)/C=C/[C@H](CCC(N)=O)NC(=O)[C@H](Cc1ccc(F)cc1)NC(=O)[C@@H](NC(=O)c1cc(C)on1)C(C)(C)C. The molecule has 228 valence electrons. The Morgan fingerprint density at radius 3 is 2.29 bits per heavy atom. The van der Waals surface area contributed by atoms with Gasteiger partial charge in [-0.05, 0) is 43.4 Å². The summed E-state index contributed by atoms with van der Waals surface area (Å²) < 4.78 is 23.4. The second-order valence-electron chi connectivity index (χ2n) is 10.7. The molecule has 0 aliphatic carbocycles. The molecule has 13 heteroatoms. The van der Waals surface area contributed by atoms with Crippen LogP contribution in [0.15, 0.2) is 47.0 Å². The van der Waals surface area contributed by atoms with Crippen molar-refractivity contribution < 1.29 is 37.6 Å². The number of ether oxygens (including phenoxy) is 1. The summed E-state index contributed by atoms with van der Waals surface area (Å²) in [6, 6.07) is 3.73. The van der Waals surface area contributed by atoms with Gasteiger partial charge in [-0.1, -0.05) is 44.1 Å². The lowest BCUT2D eigenvalue weighted by Crippen LogP contribution is -2.58. The van der Waals surface area contributed by atoms with Crippen LogP contribution >= 0.6 is 0 Å². The van der Waals surface area contributed by atoms with E-state index < -0.39 is 59.0 Å². The van der Waals surface area contributed by atoms with E-state index in [9.17, 15) is 28.4 Å². The minimum absolute atomic E-state index is 0.0131. The number of aryl methyl sites for hydroxylation is 1. The van der Waals surface area contributed by atoms with E-state index in [1.54, 1.807) is 34.6 Å². The number of carbonyl (C=O) groups excluding carboxylic acids is 5. The average molecular weight is 588 g/mol. The van der Waals surface area contributed by atoms with Crippen molar-refractivity contribution in [2.75, 3.05) is 6.61 Å². The first-order valence-electron chi connectivity index (χ1n) is 13.4. The van der Waals surface area contributed by atoms with Crippen LogP contribution in [0.1, 0.15) is 62.3 Å². The molecule has 2 aromatic rings. The van der Waals surface area contributed by atoms with Crippen LogP contribution < -0.4 is 21.7 Å². The number of aromatic nitrogens is 1. The number of benzene rings is 1. The van der Waals surface area contributed by atoms with Crippen molar-refractivity contribution >= 4 is 29.6 Å². The third-order valence-corrected chi connectivity index (χ3v) is 6.03. The molecule has 12 nitrogen and oxygen atoms in total. The third-order valence-electron chi connectivity index (χ3n) is 6.03. The number of hydrogen-bond donors (Lipinski definition) is 4. The van der Waals surface area contributed by atoms with Crippen molar-refractivity contribution in [3.8, 4) is 0 Å². The maximum atomic E-state index is 13.6. The zero-order valence-electron chi connectivity index (χ0n) is 24.4. The van der Waals surface area contributed by atoms with Crippen LogP contribution in [0.3, 0.4) is 0 Å². The Morgan fingerprint density at radius 2 is 1.74 bits per heavy atom. The molecule has 5 N–H and O–H groups in total. The van der Waals surface area contributed by atoms with Gasteiger partial charge in [-0.15, -0.1) is 0 Å². The maximum Gasteiger partial charge on any atom is 0.330 e. The minimum atomic E-state index is -1.19. The van der Waals surface area contributed by atoms with Crippen molar-refractivity contribution in [3.05, 3.63) is 65.3 Å². The Hall–Kier alpha value is -4.55. The number of nitrogens with one attached hydrogen (secondary N) is 3. The normalized spacial score (nSPS) is 13.6. The van der Waals surface area contributed by atoms with Gasteiger partial charge < -0.3 is 30.9 Å². The quantitative estimate of drug-likeness (QED) is 0.191. The van der Waals surface area contributed by atoms with Crippen LogP contribution in [0.4, 0.5) is 4.39 Å². The molecule has 0 spiro atoms. The highest BCUT2D eigenvalue weighted by Gasteiger charge is 2.36. The van der Waals surface area contributed by atoms with Gasteiger partial charge in [-0.2, -0.15) is 0 Å². The fourth-order valence-corrected chi connectivity index (χ4v) is 3.86. The van der Waals surface area contributed by atoms with Crippen LogP contribution in [0.25, 0.3) is 0 Å². The molecule has 1 heterocycles. The first kappa shape index (κ1) is 33.7. The van der Waals surface area contributed by atoms with Gasteiger partial charge in [0.1, 0.15) is 23.7 Å². The van der Waals surface area contributed by atoms with E-state index in [1.807, 2.05) is 0 Å². The highest BCUT2D eigenvalue weighted by atomic mass is 19.1. The molecule has 0 fully saturated rings. The molecule has 0 saturated heterocycles. The Kier molecular flexibility index (Phi) is 12.4. The van der Waals surface area contributed by atoms with E-state index in [-0.39, 0.29) is 31.6 Å². The lowest BCUT2D eigenvalue weighted by atomic mass is 9.85. The van der Waals surface area contributed by atoms with Gasteiger partial charge in [0, 0.05) is 31.0 Å². The summed E-state index contributed by atoms with van der Waals surface area (Å²) in [6.45, 7) is 8.62. The highest BCUT2D eigenvalue weighted by molar-refractivity contribution is 5.97. The molecule has 1 aromatic heterocycles. The number of primary amides is 1. The van der Waals surface area contributed by atoms with Crippen LogP contribution in [0.5, 0.6) is 0 Å². The number of amides is 4. The molecule has 0 saturated carbocycles. The maximum absolute atomic E-state index is 13.6. The number of halogens is 1. The van der Waals surface area contributed by atoms with Crippen molar-refractivity contribution in [3.63, 3.8) is 0 Å². The smallest absolute Gasteiger partial charge is 0.330 e. The van der Waals surface area contributed by atoms with Crippen molar-refractivity contribution in [1.29, 1.82) is 0 Å². The monoisotopic (exact) mass is 587 g/mol. The summed E-state index contributed by atoms with van der Waals surface area (Å²) in [5, 5.41) is 11.7. The minimum Gasteiger partial charge on any atom is -0.463 e. The molecule has 3 atom stereocenters. The standard InChI is InChI=1S/C29H38FN5O7/c1-6-41-24(37)14-12-20(11-13-23(31)36)32-26(38)21(16-18-7-9-19(30)10-8-18)33-28(40)25(29(3,4)5)34-27(39)22-15-17(2)42-35-22/h7-10,12,14-15,20-21,25H,6,11,13,16H2,1-5H3,(H2,31,36)(H,32,38)(H,33,40)(H,34,39)/b14-12+/t20-,21-,25+/m0/s1. The molecule has 42 heavy (non-hydrogen) atoms. The summed E-state index contributed by atoms with van der Waals surface area (Å²) in [7, 11) is 0. The largest absolute Gasteiger partial charge is 0.463 e. The van der Waals surface area contributed by atoms with Crippen molar-refractivity contribution in [1.82, 2.24) is 21.1 Å². The second-order valence-corrected chi connectivity index (χ2v) is 10.7. The van der Waals surface area contributed by atoms with Crippen molar-refractivity contribution in [2.24, 2.45) is 11.1 Å². The molecule has 0 aliphatic heterocycles. The van der Waals surface area contributed by atoms with Gasteiger partial charge in [0.25, 0.3) is 5.91 Å². The van der Waals surface area contributed by atoms with Crippen LogP contribution in [0.2, 0.25) is 0 Å². The molecule has 0 bridgehead atoms. The van der Waals surface area contributed by atoms with Gasteiger partial charge in [0.15, 0.2) is 5.69 Å².